The third-order valence-electron chi connectivity index (χ3n) is 4.47. The number of carbonyl (C=O) groups excluding carboxylic acids is 1. The van der Waals surface area contributed by atoms with Gasteiger partial charge in [0, 0.05) is 28.5 Å². The maximum absolute atomic E-state index is 13.2. The summed E-state index contributed by atoms with van der Waals surface area (Å²) in [5.41, 5.74) is 3.97. The monoisotopic (exact) mass is 395 g/mol. The molecule has 2 aromatic carbocycles. The van der Waals surface area contributed by atoms with Crippen LogP contribution in [0.3, 0.4) is 0 Å². The molecule has 2 aromatic heterocycles. The van der Waals surface area contributed by atoms with E-state index in [0.717, 1.165) is 27.7 Å². The van der Waals surface area contributed by atoms with Crippen molar-refractivity contribution in [1.29, 1.82) is 0 Å². The molecule has 0 aliphatic carbocycles. The summed E-state index contributed by atoms with van der Waals surface area (Å²) in [7, 11) is 1.63. The molecule has 28 heavy (non-hydrogen) atoms. The Morgan fingerprint density at radius 3 is 2.75 bits per heavy atom. The molecule has 0 bridgehead atoms. The summed E-state index contributed by atoms with van der Waals surface area (Å²) in [6.45, 7) is 1.76. The lowest BCUT2D eigenvalue weighted by Crippen LogP contribution is -2.16. The number of thiazole rings is 1. The largest absolute Gasteiger partial charge is 0.497 e. The van der Waals surface area contributed by atoms with E-state index in [4.69, 9.17) is 4.74 Å². The summed E-state index contributed by atoms with van der Waals surface area (Å²) in [6, 6.07) is 12.0. The van der Waals surface area contributed by atoms with E-state index in [1.165, 1.54) is 23.5 Å². The molecule has 142 valence electrons. The van der Waals surface area contributed by atoms with Gasteiger partial charge < -0.3 is 10.1 Å². The van der Waals surface area contributed by atoms with Gasteiger partial charge in [-0.05, 0) is 55.0 Å². The molecule has 0 saturated heterocycles. The number of amides is 1. The fraction of sp³-hybridized carbons (Fsp3) is 0.143. The van der Waals surface area contributed by atoms with Gasteiger partial charge in [-0.3, -0.25) is 9.20 Å². The van der Waals surface area contributed by atoms with Gasteiger partial charge in [0.15, 0.2) is 4.96 Å². The highest BCUT2D eigenvalue weighted by Crippen LogP contribution is 2.26. The second kappa shape index (κ2) is 7.44. The summed E-state index contributed by atoms with van der Waals surface area (Å²) in [5.74, 6) is 0.312. The Morgan fingerprint density at radius 1 is 1.25 bits per heavy atom. The second-order valence-electron chi connectivity index (χ2n) is 6.42. The fourth-order valence-corrected chi connectivity index (χ4v) is 3.86. The molecule has 0 radical (unpaired) electrons. The summed E-state index contributed by atoms with van der Waals surface area (Å²) >= 11 is 1.49. The van der Waals surface area contributed by atoms with Gasteiger partial charge in [-0.15, -0.1) is 11.3 Å². The molecule has 0 unspecified atom stereocenters. The van der Waals surface area contributed by atoms with E-state index in [2.05, 4.69) is 10.3 Å². The zero-order valence-corrected chi connectivity index (χ0v) is 16.2. The van der Waals surface area contributed by atoms with Gasteiger partial charge in [-0.1, -0.05) is 0 Å². The van der Waals surface area contributed by atoms with Gasteiger partial charge in [0.2, 0.25) is 5.91 Å². The number of nitrogens with zero attached hydrogens (tertiary/aromatic N) is 2. The van der Waals surface area contributed by atoms with Crippen LogP contribution in [-0.4, -0.2) is 22.4 Å². The van der Waals surface area contributed by atoms with Gasteiger partial charge in [-0.2, -0.15) is 0 Å². The Labute approximate surface area is 165 Å². The van der Waals surface area contributed by atoms with E-state index in [1.807, 2.05) is 40.2 Å². The molecule has 0 fully saturated rings. The minimum Gasteiger partial charge on any atom is -0.497 e. The van der Waals surface area contributed by atoms with Crippen molar-refractivity contribution in [2.45, 2.75) is 13.3 Å². The van der Waals surface area contributed by atoms with E-state index in [9.17, 15) is 9.18 Å². The van der Waals surface area contributed by atoms with E-state index in [0.29, 0.717) is 11.3 Å². The van der Waals surface area contributed by atoms with Crippen molar-refractivity contribution in [1.82, 2.24) is 9.38 Å². The number of rotatable bonds is 5. The lowest BCUT2D eigenvalue weighted by atomic mass is 10.1. The van der Waals surface area contributed by atoms with Crippen LogP contribution in [0.15, 0.2) is 54.0 Å². The standard InChI is InChI=1S/C21H18FN3O2S/c1-13-9-15(22)5-8-18(13)23-20(26)10-16-12-28-21-24-19(11-25(16)21)14-3-6-17(27-2)7-4-14/h3-9,11-12H,10H2,1-2H3,(H,23,26). The van der Waals surface area contributed by atoms with E-state index in [1.54, 1.807) is 20.1 Å². The van der Waals surface area contributed by atoms with Crippen LogP contribution in [0.5, 0.6) is 5.75 Å². The first-order valence-corrected chi connectivity index (χ1v) is 9.57. The first-order chi connectivity index (χ1) is 13.5. The van der Waals surface area contributed by atoms with Gasteiger partial charge >= 0.3 is 0 Å². The number of aryl methyl sites for hydroxylation is 1. The van der Waals surface area contributed by atoms with Crippen molar-refractivity contribution in [3.05, 3.63) is 71.1 Å². The summed E-state index contributed by atoms with van der Waals surface area (Å²) in [6.07, 6.45) is 2.13. The van der Waals surface area contributed by atoms with Crippen molar-refractivity contribution >= 4 is 27.9 Å². The average molecular weight is 395 g/mol. The molecule has 1 amide bonds. The number of fused-ring (bicyclic) bond motifs is 1. The number of benzene rings is 2. The molecule has 1 N–H and O–H groups in total. The van der Waals surface area contributed by atoms with E-state index < -0.39 is 0 Å². The van der Waals surface area contributed by atoms with E-state index >= 15 is 0 Å². The van der Waals surface area contributed by atoms with Crippen LogP contribution in [0.1, 0.15) is 11.3 Å². The number of imidazole rings is 1. The molecule has 0 saturated carbocycles. The molecule has 7 heteroatoms. The number of hydrogen-bond acceptors (Lipinski definition) is 4. The highest BCUT2D eigenvalue weighted by Gasteiger charge is 2.13. The zero-order valence-electron chi connectivity index (χ0n) is 15.4. The minimum atomic E-state index is -0.320. The number of carbonyl (C=O) groups is 1. The molecule has 2 heterocycles. The van der Waals surface area contributed by atoms with Gasteiger partial charge in [0.1, 0.15) is 11.6 Å². The maximum atomic E-state index is 13.2. The molecule has 4 rings (SSSR count). The van der Waals surface area contributed by atoms with E-state index in [-0.39, 0.29) is 18.1 Å². The van der Waals surface area contributed by atoms with Crippen LogP contribution < -0.4 is 10.1 Å². The average Bonchev–Trinajstić information content (AvgIpc) is 3.26. The SMILES string of the molecule is COc1ccc(-c2cn3c(CC(=O)Nc4ccc(F)cc4C)csc3n2)cc1. The summed E-state index contributed by atoms with van der Waals surface area (Å²) in [5, 5.41) is 4.77. The molecule has 4 aromatic rings. The van der Waals surface area contributed by atoms with Crippen molar-refractivity contribution < 1.29 is 13.9 Å². The number of aromatic nitrogens is 2. The van der Waals surface area contributed by atoms with Crippen LogP contribution in [0.25, 0.3) is 16.2 Å². The topological polar surface area (TPSA) is 55.6 Å². The summed E-state index contributed by atoms with van der Waals surface area (Å²) in [4.78, 5) is 17.9. The Balaban J connectivity index is 1.54. The maximum Gasteiger partial charge on any atom is 0.230 e. The van der Waals surface area contributed by atoms with Crippen molar-refractivity contribution in [3.63, 3.8) is 0 Å². The van der Waals surface area contributed by atoms with Gasteiger partial charge in [0.25, 0.3) is 0 Å². The van der Waals surface area contributed by atoms with Crippen LogP contribution in [-0.2, 0) is 11.2 Å². The third kappa shape index (κ3) is 3.61. The van der Waals surface area contributed by atoms with Gasteiger partial charge in [-0.25, -0.2) is 9.37 Å². The van der Waals surface area contributed by atoms with Crippen LogP contribution >= 0.6 is 11.3 Å². The molecular weight excluding hydrogens is 377 g/mol. The predicted octanol–water partition coefficient (Wildman–Crippen LogP) is 4.70. The lowest BCUT2D eigenvalue weighted by molar-refractivity contribution is -0.115. The Morgan fingerprint density at radius 2 is 2.04 bits per heavy atom. The minimum absolute atomic E-state index is 0.158. The molecule has 0 atom stereocenters. The zero-order chi connectivity index (χ0) is 19.7. The number of nitrogens with one attached hydrogen (secondary N) is 1. The molecular formula is C21H18FN3O2S. The lowest BCUT2D eigenvalue weighted by Gasteiger charge is -2.08. The molecule has 0 aliphatic heterocycles. The molecule has 0 spiro atoms. The number of anilines is 1. The number of hydrogen-bond donors (Lipinski definition) is 1. The van der Waals surface area contributed by atoms with Gasteiger partial charge in [0.05, 0.1) is 19.2 Å². The van der Waals surface area contributed by atoms with Crippen LogP contribution in [0.4, 0.5) is 10.1 Å². The first kappa shape index (κ1) is 18.2. The number of ether oxygens (including phenoxy) is 1. The quantitative estimate of drug-likeness (QED) is 0.533. The first-order valence-electron chi connectivity index (χ1n) is 8.69. The Bertz CT molecular complexity index is 1150. The highest BCUT2D eigenvalue weighted by molar-refractivity contribution is 7.15. The Kier molecular flexibility index (Phi) is 4.83. The fourth-order valence-electron chi connectivity index (χ4n) is 2.98. The normalized spacial score (nSPS) is 11.0. The number of methoxy groups -OCH3 is 1. The molecule has 0 aliphatic rings. The highest BCUT2D eigenvalue weighted by atomic mass is 32.1. The third-order valence-corrected chi connectivity index (χ3v) is 5.36. The van der Waals surface area contributed by atoms with Crippen LogP contribution in [0, 0.1) is 12.7 Å². The predicted molar refractivity (Wildman–Crippen MR) is 109 cm³/mol. The smallest absolute Gasteiger partial charge is 0.230 e. The van der Waals surface area contributed by atoms with Crippen molar-refractivity contribution in [2.24, 2.45) is 0 Å². The summed E-state index contributed by atoms with van der Waals surface area (Å²) < 4.78 is 20.3. The van der Waals surface area contributed by atoms with Crippen molar-refractivity contribution in [3.8, 4) is 17.0 Å². The number of halogens is 1. The molecule has 5 nitrogen and oxygen atoms in total. The Hall–Kier alpha value is -3.19. The van der Waals surface area contributed by atoms with Crippen LogP contribution in [0.2, 0.25) is 0 Å². The second-order valence-corrected chi connectivity index (χ2v) is 7.26. The van der Waals surface area contributed by atoms with Crippen molar-refractivity contribution in [2.75, 3.05) is 12.4 Å².